The van der Waals surface area contributed by atoms with Crippen LogP contribution in [0.3, 0.4) is 0 Å². The number of aryl methyl sites for hydroxylation is 1. The second-order valence-corrected chi connectivity index (χ2v) is 6.04. The maximum atomic E-state index is 12.2. The molecule has 1 aliphatic rings. The summed E-state index contributed by atoms with van der Waals surface area (Å²) < 4.78 is 1.77. The van der Waals surface area contributed by atoms with Gasteiger partial charge in [-0.3, -0.25) is 9.48 Å². The monoisotopic (exact) mass is 322 g/mol. The highest BCUT2D eigenvalue weighted by atomic mass is 16.2. The number of carbonyl (C=O) groups is 1. The number of benzene rings is 1. The van der Waals surface area contributed by atoms with Gasteiger partial charge in [-0.25, -0.2) is 0 Å². The van der Waals surface area contributed by atoms with E-state index in [1.807, 2.05) is 43.7 Å². The fraction of sp³-hybridized carbons (Fsp3) is 0.294. The molecule has 3 heterocycles. The van der Waals surface area contributed by atoms with E-state index in [9.17, 15) is 4.79 Å². The third kappa shape index (κ3) is 2.85. The SMILES string of the molecule is Cn1cc(-c2ccc3nnc(NC(=O)[C@H]4CCCN4)cc3c2)cn1. The number of anilines is 1. The molecule has 0 unspecified atom stereocenters. The zero-order valence-corrected chi connectivity index (χ0v) is 13.4. The molecule has 24 heavy (non-hydrogen) atoms. The van der Waals surface area contributed by atoms with Crippen molar-refractivity contribution < 1.29 is 4.79 Å². The van der Waals surface area contributed by atoms with Crippen molar-refractivity contribution in [3.8, 4) is 11.1 Å². The molecular formula is C17H18N6O. The number of amides is 1. The first-order valence-corrected chi connectivity index (χ1v) is 8.00. The quantitative estimate of drug-likeness (QED) is 0.767. The number of aromatic nitrogens is 4. The average Bonchev–Trinajstić information content (AvgIpc) is 3.25. The molecular weight excluding hydrogens is 304 g/mol. The minimum absolute atomic E-state index is 0.0513. The Hall–Kier alpha value is -2.80. The number of rotatable bonds is 3. The van der Waals surface area contributed by atoms with Gasteiger partial charge < -0.3 is 10.6 Å². The van der Waals surface area contributed by atoms with Gasteiger partial charge in [-0.1, -0.05) is 6.07 Å². The lowest BCUT2D eigenvalue weighted by molar-refractivity contribution is -0.117. The maximum Gasteiger partial charge on any atom is 0.242 e. The summed E-state index contributed by atoms with van der Waals surface area (Å²) in [6.45, 7) is 0.885. The van der Waals surface area contributed by atoms with Crippen molar-refractivity contribution in [3.63, 3.8) is 0 Å². The van der Waals surface area contributed by atoms with Gasteiger partial charge in [0.25, 0.3) is 0 Å². The van der Waals surface area contributed by atoms with Gasteiger partial charge in [0.1, 0.15) is 0 Å². The van der Waals surface area contributed by atoms with Crippen molar-refractivity contribution in [2.75, 3.05) is 11.9 Å². The van der Waals surface area contributed by atoms with Crippen LogP contribution in [0, 0.1) is 0 Å². The van der Waals surface area contributed by atoms with Gasteiger partial charge in [0.2, 0.25) is 5.91 Å². The van der Waals surface area contributed by atoms with E-state index in [2.05, 4.69) is 25.9 Å². The molecule has 2 N–H and O–H groups in total. The van der Waals surface area contributed by atoms with Crippen molar-refractivity contribution in [2.45, 2.75) is 18.9 Å². The van der Waals surface area contributed by atoms with E-state index in [4.69, 9.17) is 0 Å². The molecule has 3 aromatic rings. The second-order valence-electron chi connectivity index (χ2n) is 6.04. The van der Waals surface area contributed by atoms with Gasteiger partial charge in [-0.05, 0) is 43.1 Å². The lowest BCUT2D eigenvalue weighted by atomic mass is 10.1. The molecule has 1 aliphatic heterocycles. The number of fused-ring (bicyclic) bond motifs is 1. The van der Waals surface area contributed by atoms with Crippen LogP contribution in [0.4, 0.5) is 5.82 Å². The molecule has 0 bridgehead atoms. The van der Waals surface area contributed by atoms with Crippen LogP contribution in [0.5, 0.6) is 0 Å². The van der Waals surface area contributed by atoms with Crippen LogP contribution in [-0.2, 0) is 11.8 Å². The smallest absolute Gasteiger partial charge is 0.242 e. The van der Waals surface area contributed by atoms with Crippen LogP contribution >= 0.6 is 0 Å². The fourth-order valence-corrected chi connectivity index (χ4v) is 2.98. The average molecular weight is 322 g/mol. The molecule has 0 spiro atoms. The molecule has 1 saturated heterocycles. The van der Waals surface area contributed by atoms with E-state index in [0.717, 1.165) is 41.4 Å². The van der Waals surface area contributed by atoms with Crippen LogP contribution in [0.1, 0.15) is 12.8 Å². The van der Waals surface area contributed by atoms with E-state index in [-0.39, 0.29) is 11.9 Å². The minimum atomic E-state index is -0.135. The van der Waals surface area contributed by atoms with E-state index < -0.39 is 0 Å². The molecule has 1 aromatic carbocycles. The number of hydrogen-bond acceptors (Lipinski definition) is 5. The highest BCUT2D eigenvalue weighted by Crippen LogP contribution is 2.24. The summed E-state index contributed by atoms with van der Waals surface area (Å²) in [4.78, 5) is 12.2. The summed E-state index contributed by atoms with van der Waals surface area (Å²) in [5, 5.41) is 19.4. The molecule has 7 nitrogen and oxygen atoms in total. The molecule has 0 radical (unpaired) electrons. The third-order valence-electron chi connectivity index (χ3n) is 4.25. The Kier molecular flexibility index (Phi) is 3.70. The highest BCUT2D eigenvalue weighted by Gasteiger charge is 2.22. The zero-order chi connectivity index (χ0) is 16.5. The topological polar surface area (TPSA) is 84.7 Å². The van der Waals surface area contributed by atoms with Crippen LogP contribution in [0.15, 0.2) is 36.7 Å². The number of nitrogens with one attached hydrogen (secondary N) is 2. The fourth-order valence-electron chi connectivity index (χ4n) is 2.98. The van der Waals surface area contributed by atoms with Crippen molar-refractivity contribution >= 4 is 22.6 Å². The predicted octanol–water partition coefficient (Wildman–Crippen LogP) is 1.72. The summed E-state index contributed by atoms with van der Waals surface area (Å²) in [6.07, 6.45) is 5.67. The van der Waals surface area contributed by atoms with Crippen molar-refractivity contribution in [1.29, 1.82) is 0 Å². The van der Waals surface area contributed by atoms with Crippen LogP contribution in [-0.4, -0.2) is 38.5 Å². The van der Waals surface area contributed by atoms with Crippen LogP contribution in [0.2, 0.25) is 0 Å². The molecule has 1 fully saturated rings. The molecule has 122 valence electrons. The van der Waals surface area contributed by atoms with Gasteiger partial charge in [-0.15, -0.1) is 10.2 Å². The first-order chi connectivity index (χ1) is 11.7. The Morgan fingerprint density at radius 3 is 2.96 bits per heavy atom. The Labute approximate surface area is 139 Å². The third-order valence-corrected chi connectivity index (χ3v) is 4.25. The van der Waals surface area contributed by atoms with E-state index in [0.29, 0.717) is 5.82 Å². The lowest BCUT2D eigenvalue weighted by Crippen LogP contribution is -2.35. The van der Waals surface area contributed by atoms with Crippen molar-refractivity contribution in [3.05, 3.63) is 36.7 Å². The van der Waals surface area contributed by atoms with Gasteiger partial charge in [0.15, 0.2) is 5.82 Å². The summed E-state index contributed by atoms with van der Waals surface area (Å²) in [5.74, 6) is 0.425. The lowest BCUT2D eigenvalue weighted by Gasteiger charge is -2.10. The Morgan fingerprint density at radius 1 is 1.29 bits per heavy atom. The molecule has 2 aromatic heterocycles. The summed E-state index contributed by atoms with van der Waals surface area (Å²) in [6, 6.07) is 7.67. The summed E-state index contributed by atoms with van der Waals surface area (Å²) in [5.41, 5.74) is 2.88. The Bertz CT molecular complexity index is 897. The molecule has 7 heteroatoms. The second kappa shape index (κ2) is 6.01. The van der Waals surface area contributed by atoms with E-state index >= 15 is 0 Å². The number of nitrogens with zero attached hydrogens (tertiary/aromatic N) is 4. The first kappa shape index (κ1) is 14.8. The van der Waals surface area contributed by atoms with E-state index in [1.165, 1.54) is 0 Å². The highest BCUT2D eigenvalue weighted by molar-refractivity contribution is 5.96. The molecule has 4 rings (SSSR count). The van der Waals surface area contributed by atoms with Gasteiger partial charge >= 0.3 is 0 Å². The Balaban J connectivity index is 1.62. The zero-order valence-electron chi connectivity index (χ0n) is 13.4. The van der Waals surface area contributed by atoms with Gasteiger partial charge in [-0.2, -0.15) is 5.10 Å². The number of carbonyl (C=O) groups excluding carboxylic acids is 1. The van der Waals surface area contributed by atoms with E-state index in [1.54, 1.807) is 4.68 Å². The molecule has 1 atom stereocenters. The standard InChI is InChI=1S/C17H18N6O/c1-23-10-13(9-19-23)11-4-5-14-12(7-11)8-16(22-21-14)20-17(24)15-3-2-6-18-15/h4-5,7-10,15,18H,2-3,6H2,1H3,(H,20,22,24)/t15-/m1/s1. The summed E-state index contributed by atoms with van der Waals surface area (Å²) in [7, 11) is 1.89. The molecule has 0 aliphatic carbocycles. The van der Waals surface area contributed by atoms with Crippen molar-refractivity contribution in [2.24, 2.45) is 7.05 Å². The number of hydrogen-bond donors (Lipinski definition) is 2. The van der Waals surface area contributed by atoms with Crippen LogP contribution in [0.25, 0.3) is 22.0 Å². The summed E-state index contributed by atoms with van der Waals surface area (Å²) >= 11 is 0. The normalized spacial score (nSPS) is 17.3. The predicted molar refractivity (Wildman–Crippen MR) is 91.4 cm³/mol. The molecule has 0 saturated carbocycles. The van der Waals surface area contributed by atoms with Gasteiger partial charge in [0, 0.05) is 24.2 Å². The molecule has 1 amide bonds. The van der Waals surface area contributed by atoms with Crippen molar-refractivity contribution in [1.82, 2.24) is 25.3 Å². The maximum absolute atomic E-state index is 12.2. The van der Waals surface area contributed by atoms with Gasteiger partial charge in [0.05, 0.1) is 17.8 Å². The van der Waals surface area contributed by atoms with Crippen LogP contribution < -0.4 is 10.6 Å². The Morgan fingerprint density at radius 2 is 2.21 bits per heavy atom. The largest absolute Gasteiger partial charge is 0.308 e. The minimum Gasteiger partial charge on any atom is -0.308 e. The first-order valence-electron chi connectivity index (χ1n) is 8.00.